The van der Waals surface area contributed by atoms with Crippen molar-refractivity contribution in [3.8, 4) is 33.6 Å². The molecule has 0 N–H and O–H groups in total. The summed E-state index contributed by atoms with van der Waals surface area (Å²) < 4.78 is 0. The molecular formula is C43H28N4. The second kappa shape index (κ2) is 10.7. The summed E-state index contributed by atoms with van der Waals surface area (Å²) in [5.41, 5.74) is 11.8. The summed E-state index contributed by atoms with van der Waals surface area (Å²) in [5, 5.41) is 6.83. The number of hydrogen-bond acceptors (Lipinski definition) is 4. The van der Waals surface area contributed by atoms with Crippen molar-refractivity contribution < 1.29 is 0 Å². The molecule has 0 aliphatic rings. The van der Waals surface area contributed by atoms with E-state index < -0.39 is 0 Å². The first-order valence-corrected chi connectivity index (χ1v) is 15.8. The summed E-state index contributed by atoms with van der Waals surface area (Å²) in [4.78, 5) is 20.3. The van der Waals surface area contributed by atoms with Crippen LogP contribution in [-0.2, 0) is 0 Å². The maximum Gasteiger partial charge on any atom is 0.0979 e. The number of aromatic nitrogens is 4. The van der Waals surface area contributed by atoms with E-state index in [1.165, 1.54) is 10.8 Å². The Morgan fingerprint density at radius 1 is 0.447 bits per heavy atom. The van der Waals surface area contributed by atoms with Crippen LogP contribution in [0.15, 0.2) is 140 Å². The van der Waals surface area contributed by atoms with Crippen molar-refractivity contribution >= 4 is 60.5 Å². The van der Waals surface area contributed by atoms with E-state index in [1.807, 2.05) is 18.5 Å². The molecule has 0 aliphatic carbocycles. The Labute approximate surface area is 271 Å². The molecule has 9 aromatic rings. The third-order valence-electron chi connectivity index (χ3n) is 9.29. The molecule has 2 aromatic heterocycles. The van der Waals surface area contributed by atoms with E-state index in [9.17, 15) is 0 Å². The lowest BCUT2D eigenvalue weighted by atomic mass is 9.96. The highest BCUT2D eigenvalue weighted by molar-refractivity contribution is 6.23. The fraction of sp³-hybridized carbons (Fsp3) is 0.0233. The van der Waals surface area contributed by atoms with Gasteiger partial charge in [-0.15, -0.1) is 0 Å². The van der Waals surface area contributed by atoms with E-state index in [4.69, 9.17) is 19.9 Å². The van der Waals surface area contributed by atoms with Gasteiger partial charge in [-0.3, -0.25) is 9.97 Å². The number of rotatable bonds is 4. The molecule has 0 amide bonds. The lowest BCUT2D eigenvalue weighted by molar-refractivity contribution is 1.28. The summed E-state index contributed by atoms with van der Waals surface area (Å²) in [5.74, 6) is 0. The van der Waals surface area contributed by atoms with Gasteiger partial charge in [-0.2, -0.15) is 0 Å². The predicted octanol–water partition coefficient (Wildman–Crippen LogP) is 11.0. The van der Waals surface area contributed by atoms with E-state index in [-0.39, 0.29) is 0 Å². The Balaban J connectivity index is 1.14. The Bertz CT molecular complexity index is 2690. The molecule has 7 aromatic carbocycles. The highest BCUT2D eigenvalue weighted by Crippen LogP contribution is 2.36. The zero-order valence-electron chi connectivity index (χ0n) is 25.8. The number of fused-ring (bicyclic) bond motifs is 9. The van der Waals surface area contributed by atoms with Crippen LogP contribution in [0.5, 0.6) is 0 Å². The maximum absolute atomic E-state index is 5.21. The van der Waals surface area contributed by atoms with Crippen LogP contribution in [0.2, 0.25) is 0 Å². The summed E-state index contributed by atoms with van der Waals surface area (Å²) >= 11 is 0. The van der Waals surface area contributed by atoms with Gasteiger partial charge in [-0.25, -0.2) is 9.97 Å². The molecule has 220 valence electrons. The standard InChI is InChI=1S/C43H28N4/c1-3-31-26(2)40-42(36-20-8-4-16-32(31)36)46-38(24-44-40)29-14-10-12-27(22-29)28-13-11-15-30(23-28)39-25-45-41-35-19-7-5-17-33(35)34-18-6-9-21-37(34)43(41)47-39/h3-25H,1H2,2H3. The van der Waals surface area contributed by atoms with Gasteiger partial charge >= 0.3 is 0 Å². The molecule has 0 atom stereocenters. The average molecular weight is 601 g/mol. The van der Waals surface area contributed by atoms with Gasteiger partial charge in [0, 0.05) is 27.3 Å². The fourth-order valence-electron chi connectivity index (χ4n) is 6.99. The molecule has 0 spiro atoms. The van der Waals surface area contributed by atoms with Crippen molar-refractivity contribution in [2.75, 3.05) is 0 Å². The molecular weight excluding hydrogens is 573 g/mol. The molecule has 9 rings (SSSR count). The van der Waals surface area contributed by atoms with Gasteiger partial charge in [0.15, 0.2) is 0 Å². The Morgan fingerprint density at radius 2 is 0.872 bits per heavy atom. The smallest absolute Gasteiger partial charge is 0.0979 e. The molecule has 47 heavy (non-hydrogen) atoms. The quantitative estimate of drug-likeness (QED) is 0.189. The van der Waals surface area contributed by atoms with Crippen LogP contribution in [-0.4, -0.2) is 19.9 Å². The predicted molar refractivity (Wildman–Crippen MR) is 196 cm³/mol. The number of aryl methyl sites for hydroxylation is 1. The summed E-state index contributed by atoms with van der Waals surface area (Å²) in [6, 6.07) is 42.3. The van der Waals surface area contributed by atoms with E-state index in [2.05, 4.69) is 135 Å². The van der Waals surface area contributed by atoms with Crippen molar-refractivity contribution in [2.45, 2.75) is 6.92 Å². The Morgan fingerprint density at radius 3 is 1.43 bits per heavy atom. The molecule has 0 bridgehead atoms. The lowest BCUT2D eigenvalue weighted by Gasteiger charge is -2.13. The normalized spacial score (nSPS) is 11.6. The van der Waals surface area contributed by atoms with Crippen LogP contribution in [0, 0.1) is 6.92 Å². The van der Waals surface area contributed by atoms with Gasteiger partial charge in [0.25, 0.3) is 0 Å². The topological polar surface area (TPSA) is 51.6 Å². The average Bonchev–Trinajstić information content (AvgIpc) is 3.15. The van der Waals surface area contributed by atoms with Gasteiger partial charge in [0.05, 0.1) is 45.8 Å². The molecule has 0 saturated carbocycles. The van der Waals surface area contributed by atoms with Crippen LogP contribution in [0.25, 0.3) is 94.1 Å². The number of hydrogen-bond donors (Lipinski definition) is 0. The minimum Gasteiger partial charge on any atom is -0.252 e. The molecule has 4 nitrogen and oxygen atoms in total. The third kappa shape index (κ3) is 4.30. The van der Waals surface area contributed by atoms with Crippen LogP contribution in [0.1, 0.15) is 11.1 Å². The second-order valence-corrected chi connectivity index (χ2v) is 11.9. The molecule has 0 radical (unpaired) electrons. The summed E-state index contributed by atoms with van der Waals surface area (Å²) in [7, 11) is 0. The third-order valence-corrected chi connectivity index (χ3v) is 9.29. The maximum atomic E-state index is 5.21. The van der Waals surface area contributed by atoms with Crippen LogP contribution < -0.4 is 0 Å². The molecule has 2 heterocycles. The van der Waals surface area contributed by atoms with Gasteiger partial charge in [0.1, 0.15) is 0 Å². The zero-order valence-corrected chi connectivity index (χ0v) is 25.8. The highest BCUT2D eigenvalue weighted by atomic mass is 14.8. The van der Waals surface area contributed by atoms with Gasteiger partial charge < -0.3 is 0 Å². The summed E-state index contributed by atoms with van der Waals surface area (Å²) in [6.07, 6.45) is 5.69. The zero-order chi connectivity index (χ0) is 31.5. The second-order valence-electron chi connectivity index (χ2n) is 11.9. The molecule has 0 unspecified atom stereocenters. The van der Waals surface area contributed by atoms with Crippen molar-refractivity contribution in [1.82, 2.24) is 19.9 Å². The van der Waals surface area contributed by atoms with Gasteiger partial charge in [-0.1, -0.05) is 122 Å². The Kier molecular flexibility index (Phi) is 6.15. The lowest BCUT2D eigenvalue weighted by Crippen LogP contribution is -1.95. The minimum atomic E-state index is 0.839. The number of nitrogens with zero attached hydrogens (tertiary/aromatic N) is 4. The van der Waals surface area contributed by atoms with Crippen LogP contribution in [0.4, 0.5) is 0 Å². The van der Waals surface area contributed by atoms with Crippen molar-refractivity contribution in [1.29, 1.82) is 0 Å². The first kappa shape index (κ1) is 27.1. The first-order valence-electron chi connectivity index (χ1n) is 15.8. The fourth-order valence-corrected chi connectivity index (χ4v) is 6.99. The largest absolute Gasteiger partial charge is 0.252 e. The van der Waals surface area contributed by atoms with Gasteiger partial charge in [-0.05, 0) is 57.5 Å². The van der Waals surface area contributed by atoms with Crippen LogP contribution in [0.3, 0.4) is 0 Å². The highest BCUT2D eigenvalue weighted by Gasteiger charge is 2.15. The number of benzene rings is 7. The molecule has 0 fully saturated rings. The van der Waals surface area contributed by atoms with E-state index in [0.717, 1.165) is 88.4 Å². The molecule has 0 aliphatic heterocycles. The van der Waals surface area contributed by atoms with Crippen molar-refractivity contribution in [2.24, 2.45) is 0 Å². The SMILES string of the molecule is C=Cc1c(C)c2ncc(-c3cccc(-c4cccc(-c5cnc6c7ccccc7c7ccccc7c6n5)c4)c3)nc2c2ccccc12. The molecule has 4 heteroatoms. The van der Waals surface area contributed by atoms with Crippen molar-refractivity contribution in [3.63, 3.8) is 0 Å². The van der Waals surface area contributed by atoms with Crippen LogP contribution >= 0.6 is 0 Å². The van der Waals surface area contributed by atoms with E-state index in [1.54, 1.807) is 0 Å². The first-order chi connectivity index (χ1) is 23.2. The minimum absolute atomic E-state index is 0.839. The van der Waals surface area contributed by atoms with Crippen molar-refractivity contribution in [3.05, 3.63) is 151 Å². The van der Waals surface area contributed by atoms with E-state index >= 15 is 0 Å². The van der Waals surface area contributed by atoms with Gasteiger partial charge in [0.2, 0.25) is 0 Å². The summed E-state index contributed by atoms with van der Waals surface area (Å²) in [6.45, 7) is 6.15. The Hall–Kier alpha value is -6.26. The van der Waals surface area contributed by atoms with E-state index in [0.29, 0.717) is 0 Å². The monoisotopic (exact) mass is 600 g/mol. The molecule has 0 saturated heterocycles.